The van der Waals surface area contributed by atoms with E-state index in [1.165, 1.54) is 24.1 Å². The Morgan fingerprint density at radius 2 is 1.97 bits per heavy atom. The molecule has 4 heterocycles. The number of pyridine rings is 1. The molecule has 30 heavy (non-hydrogen) atoms. The van der Waals surface area contributed by atoms with Crippen LogP contribution in [0, 0.1) is 0 Å². The average Bonchev–Trinajstić information content (AvgIpc) is 3.06. The SMILES string of the molecule is CC(O)(Cn1c2c(c3nc(CF)ccc31)C1CCCCN1CC2)c1ccc(Cl)cc1. The van der Waals surface area contributed by atoms with Gasteiger partial charge in [0.15, 0.2) is 0 Å². The molecule has 0 bridgehead atoms. The third-order valence-electron chi connectivity index (χ3n) is 6.77. The molecule has 0 amide bonds. The maximum Gasteiger partial charge on any atom is 0.131 e. The largest absolute Gasteiger partial charge is 0.384 e. The molecule has 5 rings (SSSR count). The van der Waals surface area contributed by atoms with Gasteiger partial charge >= 0.3 is 0 Å². The highest BCUT2D eigenvalue weighted by Gasteiger charge is 2.36. The molecular weight excluding hydrogens is 401 g/mol. The van der Waals surface area contributed by atoms with Crippen LogP contribution in [-0.2, 0) is 25.2 Å². The second-order valence-corrected chi connectivity index (χ2v) is 9.27. The number of hydrogen-bond donors (Lipinski definition) is 1. The van der Waals surface area contributed by atoms with Gasteiger partial charge in [-0.05, 0) is 56.1 Å². The number of aliphatic hydroxyl groups is 1. The zero-order valence-corrected chi connectivity index (χ0v) is 18.0. The lowest BCUT2D eigenvalue weighted by Gasteiger charge is -2.40. The Labute approximate surface area is 181 Å². The zero-order chi connectivity index (χ0) is 20.9. The zero-order valence-electron chi connectivity index (χ0n) is 17.2. The first kappa shape index (κ1) is 20.0. The molecule has 2 atom stereocenters. The van der Waals surface area contributed by atoms with Crippen molar-refractivity contribution in [3.63, 3.8) is 0 Å². The molecule has 2 aliphatic heterocycles. The third-order valence-corrected chi connectivity index (χ3v) is 7.02. The van der Waals surface area contributed by atoms with Crippen molar-refractivity contribution in [2.24, 2.45) is 0 Å². The van der Waals surface area contributed by atoms with Crippen LogP contribution in [0.1, 0.15) is 54.7 Å². The molecule has 0 radical (unpaired) electrons. The van der Waals surface area contributed by atoms with Crippen molar-refractivity contribution in [1.82, 2.24) is 14.5 Å². The smallest absolute Gasteiger partial charge is 0.131 e. The number of benzene rings is 1. The summed E-state index contributed by atoms with van der Waals surface area (Å²) in [7, 11) is 0. The fraction of sp³-hybridized carbons (Fsp3) is 0.458. The van der Waals surface area contributed by atoms with E-state index in [1.807, 2.05) is 37.3 Å². The lowest BCUT2D eigenvalue weighted by atomic mass is 9.90. The van der Waals surface area contributed by atoms with Gasteiger partial charge in [0.1, 0.15) is 12.3 Å². The van der Waals surface area contributed by atoms with Crippen molar-refractivity contribution in [3.8, 4) is 0 Å². The summed E-state index contributed by atoms with van der Waals surface area (Å²) < 4.78 is 15.6. The fourth-order valence-corrected chi connectivity index (χ4v) is 5.38. The Morgan fingerprint density at radius 1 is 1.17 bits per heavy atom. The number of hydrogen-bond acceptors (Lipinski definition) is 3. The molecule has 4 nitrogen and oxygen atoms in total. The van der Waals surface area contributed by atoms with Crippen LogP contribution in [0.15, 0.2) is 36.4 Å². The fourth-order valence-electron chi connectivity index (χ4n) is 5.25. The molecule has 1 fully saturated rings. The summed E-state index contributed by atoms with van der Waals surface area (Å²) in [6.45, 7) is 3.83. The Morgan fingerprint density at radius 3 is 2.73 bits per heavy atom. The predicted molar refractivity (Wildman–Crippen MR) is 117 cm³/mol. The predicted octanol–water partition coefficient (Wildman–Crippen LogP) is 5.15. The second-order valence-electron chi connectivity index (χ2n) is 8.83. The van der Waals surface area contributed by atoms with Crippen LogP contribution in [0.4, 0.5) is 4.39 Å². The van der Waals surface area contributed by atoms with Crippen molar-refractivity contribution in [3.05, 3.63) is 63.9 Å². The summed E-state index contributed by atoms with van der Waals surface area (Å²) in [4.78, 5) is 7.26. The average molecular weight is 428 g/mol. The normalized spacial score (nSPS) is 21.3. The van der Waals surface area contributed by atoms with E-state index in [4.69, 9.17) is 16.6 Å². The Kier molecular flexibility index (Phi) is 5.08. The molecule has 2 aliphatic rings. The molecular formula is C24H27ClFN3O. The Bertz CT molecular complexity index is 1080. The first-order valence-electron chi connectivity index (χ1n) is 10.8. The van der Waals surface area contributed by atoms with E-state index in [0.717, 1.165) is 42.5 Å². The standard InChI is InChI=1S/C24H27ClFN3O/c1-24(30,16-5-7-17(25)8-6-16)15-29-20-11-13-28-12-3-2-4-19(28)22(20)23-21(29)10-9-18(14-26)27-23/h5-10,19,30H,2-4,11-15H2,1H3. The number of piperidine rings is 1. The molecule has 2 aromatic heterocycles. The Hall–Kier alpha value is -1.95. The maximum absolute atomic E-state index is 13.4. The van der Waals surface area contributed by atoms with Gasteiger partial charge in [0.25, 0.3) is 0 Å². The van der Waals surface area contributed by atoms with E-state index in [-0.39, 0.29) is 0 Å². The van der Waals surface area contributed by atoms with Crippen molar-refractivity contribution in [2.75, 3.05) is 13.1 Å². The topological polar surface area (TPSA) is 41.3 Å². The lowest BCUT2D eigenvalue weighted by molar-refractivity contribution is 0.0379. The summed E-state index contributed by atoms with van der Waals surface area (Å²) >= 11 is 6.04. The second kappa shape index (κ2) is 7.63. The molecule has 0 saturated carbocycles. The minimum Gasteiger partial charge on any atom is -0.384 e. The summed E-state index contributed by atoms with van der Waals surface area (Å²) in [5.41, 5.74) is 4.62. The van der Waals surface area contributed by atoms with Crippen molar-refractivity contribution >= 4 is 22.6 Å². The molecule has 2 unspecified atom stereocenters. The molecule has 0 spiro atoms. The number of halogens is 2. The number of aromatic nitrogens is 2. The summed E-state index contributed by atoms with van der Waals surface area (Å²) in [5, 5.41) is 12.0. The van der Waals surface area contributed by atoms with Gasteiger partial charge in [-0.1, -0.05) is 30.2 Å². The molecule has 1 N–H and O–H groups in total. The molecule has 1 saturated heterocycles. The van der Waals surface area contributed by atoms with Gasteiger partial charge in [-0.25, -0.2) is 9.37 Å². The quantitative estimate of drug-likeness (QED) is 0.626. The highest BCUT2D eigenvalue weighted by molar-refractivity contribution is 6.30. The van der Waals surface area contributed by atoms with E-state index in [9.17, 15) is 9.50 Å². The minimum absolute atomic E-state index is 0.342. The van der Waals surface area contributed by atoms with Crippen LogP contribution in [0.2, 0.25) is 5.02 Å². The van der Waals surface area contributed by atoms with Crippen LogP contribution in [0.25, 0.3) is 11.0 Å². The highest BCUT2D eigenvalue weighted by atomic mass is 35.5. The third kappa shape index (κ3) is 3.33. The van der Waals surface area contributed by atoms with Crippen LogP contribution in [0.3, 0.4) is 0 Å². The summed E-state index contributed by atoms with van der Waals surface area (Å²) in [6.07, 6.45) is 4.47. The molecule has 158 valence electrons. The first-order valence-corrected chi connectivity index (χ1v) is 11.1. The summed E-state index contributed by atoms with van der Waals surface area (Å²) in [5.74, 6) is 0. The molecule has 6 heteroatoms. The maximum atomic E-state index is 13.4. The lowest BCUT2D eigenvalue weighted by Crippen LogP contribution is -2.39. The minimum atomic E-state index is -1.06. The molecule has 3 aromatic rings. The summed E-state index contributed by atoms with van der Waals surface area (Å²) in [6, 6.07) is 11.5. The van der Waals surface area contributed by atoms with Gasteiger partial charge in [-0.3, -0.25) is 4.90 Å². The number of fused-ring (bicyclic) bond motifs is 5. The highest BCUT2D eigenvalue weighted by Crippen LogP contribution is 2.42. The van der Waals surface area contributed by atoms with Crippen molar-refractivity contribution in [1.29, 1.82) is 0 Å². The van der Waals surface area contributed by atoms with Gasteiger partial charge in [-0.15, -0.1) is 0 Å². The van der Waals surface area contributed by atoms with E-state index in [0.29, 0.717) is 23.3 Å². The van der Waals surface area contributed by atoms with Gasteiger partial charge in [0.2, 0.25) is 0 Å². The van der Waals surface area contributed by atoms with E-state index in [1.54, 1.807) is 6.07 Å². The van der Waals surface area contributed by atoms with Gasteiger partial charge in [0, 0.05) is 35.3 Å². The Balaban J connectivity index is 1.64. The van der Waals surface area contributed by atoms with Crippen LogP contribution >= 0.6 is 11.6 Å². The van der Waals surface area contributed by atoms with Crippen LogP contribution < -0.4 is 0 Å². The van der Waals surface area contributed by atoms with Gasteiger partial charge in [-0.2, -0.15) is 0 Å². The van der Waals surface area contributed by atoms with E-state index >= 15 is 0 Å². The number of rotatable bonds is 4. The monoisotopic (exact) mass is 427 g/mol. The van der Waals surface area contributed by atoms with Crippen LogP contribution in [0.5, 0.6) is 0 Å². The number of alkyl halides is 1. The van der Waals surface area contributed by atoms with Gasteiger partial charge < -0.3 is 9.67 Å². The molecule has 1 aromatic carbocycles. The van der Waals surface area contributed by atoms with Crippen LogP contribution in [-0.4, -0.2) is 32.6 Å². The van der Waals surface area contributed by atoms with Gasteiger partial charge in [0.05, 0.1) is 23.3 Å². The van der Waals surface area contributed by atoms with E-state index < -0.39 is 12.3 Å². The van der Waals surface area contributed by atoms with E-state index in [2.05, 4.69) is 9.47 Å². The number of nitrogens with zero attached hydrogens (tertiary/aromatic N) is 3. The van der Waals surface area contributed by atoms with Crippen molar-refractivity contribution in [2.45, 2.75) is 57.5 Å². The van der Waals surface area contributed by atoms with Crippen molar-refractivity contribution < 1.29 is 9.50 Å². The molecule has 0 aliphatic carbocycles. The first-order chi connectivity index (χ1) is 14.5.